The molecule has 17 heavy (non-hydrogen) atoms. The second-order valence-corrected chi connectivity index (χ2v) is 7.26. The van der Waals surface area contributed by atoms with Crippen LogP contribution in [0.3, 0.4) is 0 Å². The van der Waals surface area contributed by atoms with Gasteiger partial charge in [0.15, 0.2) is 5.71 Å². The van der Waals surface area contributed by atoms with Gasteiger partial charge in [-0.05, 0) is 18.5 Å². The topological polar surface area (TPSA) is 68.1 Å². The van der Waals surface area contributed by atoms with Gasteiger partial charge in [0, 0.05) is 5.57 Å². The molecule has 0 saturated heterocycles. The SMILES string of the molecule is CON=C(C(=O)O)C(=CO[SiH](C)C)C(C)(C)C. The molecule has 0 atom stereocenters. The monoisotopic (exact) mass is 259 g/mol. The van der Waals surface area contributed by atoms with Crippen LogP contribution in [0.1, 0.15) is 20.8 Å². The summed E-state index contributed by atoms with van der Waals surface area (Å²) in [4.78, 5) is 15.7. The quantitative estimate of drug-likeness (QED) is 0.355. The van der Waals surface area contributed by atoms with Gasteiger partial charge in [0.25, 0.3) is 0 Å². The summed E-state index contributed by atoms with van der Waals surface area (Å²) < 4.78 is 5.49. The zero-order valence-corrected chi connectivity index (χ0v) is 12.4. The molecule has 0 aromatic rings. The molecule has 0 aliphatic carbocycles. The predicted octanol–water partition coefficient (Wildman–Crippen LogP) is 2.00. The lowest BCUT2D eigenvalue weighted by Gasteiger charge is -2.22. The first-order chi connectivity index (χ1) is 7.70. The van der Waals surface area contributed by atoms with Crippen LogP contribution in [0.2, 0.25) is 13.1 Å². The minimum absolute atomic E-state index is 0.116. The van der Waals surface area contributed by atoms with Gasteiger partial charge in [-0.1, -0.05) is 25.9 Å². The van der Waals surface area contributed by atoms with Crippen LogP contribution in [0, 0.1) is 5.41 Å². The Morgan fingerprint density at radius 3 is 2.18 bits per heavy atom. The van der Waals surface area contributed by atoms with Crippen LogP contribution in [0.5, 0.6) is 0 Å². The number of oxime groups is 1. The molecule has 6 heteroatoms. The first-order valence-corrected chi connectivity index (χ1v) is 8.19. The highest BCUT2D eigenvalue weighted by molar-refractivity contribution is 6.49. The van der Waals surface area contributed by atoms with Crippen molar-refractivity contribution < 1.29 is 19.2 Å². The van der Waals surface area contributed by atoms with E-state index in [-0.39, 0.29) is 11.1 Å². The lowest BCUT2D eigenvalue weighted by atomic mass is 9.84. The Labute approximate surface area is 104 Å². The molecule has 0 unspecified atom stereocenters. The van der Waals surface area contributed by atoms with E-state index in [4.69, 9.17) is 9.53 Å². The number of rotatable bonds is 5. The third-order valence-electron chi connectivity index (χ3n) is 1.91. The van der Waals surface area contributed by atoms with E-state index in [2.05, 4.69) is 9.99 Å². The molecule has 5 nitrogen and oxygen atoms in total. The smallest absolute Gasteiger partial charge is 0.358 e. The zero-order chi connectivity index (χ0) is 13.6. The van der Waals surface area contributed by atoms with E-state index in [9.17, 15) is 4.79 Å². The summed E-state index contributed by atoms with van der Waals surface area (Å²) in [5.74, 6) is -1.12. The highest BCUT2D eigenvalue weighted by Gasteiger charge is 2.28. The van der Waals surface area contributed by atoms with Gasteiger partial charge in [-0.25, -0.2) is 4.79 Å². The second kappa shape index (κ2) is 6.44. The number of carboxylic acids is 1. The van der Waals surface area contributed by atoms with E-state index in [1.165, 1.54) is 13.4 Å². The highest BCUT2D eigenvalue weighted by atomic mass is 28.3. The number of hydrogen-bond acceptors (Lipinski definition) is 4. The number of aliphatic carboxylic acids is 1. The lowest BCUT2D eigenvalue weighted by molar-refractivity contribution is -0.129. The zero-order valence-electron chi connectivity index (χ0n) is 11.3. The van der Waals surface area contributed by atoms with Crippen molar-refractivity contribution in [2.24, 2.45) is 10.6 Å². The van der Waals surface area contributed by atoms with Crippen LogP contribution in [0.4, 0.5) is 0 Å². The van der Waals surface area contributed by atoms with Crippen molar-refractivity contribution in [1.29, 1.82) is 0 Å². The molecule has 0 aliphatic heterocycles. The summed E-state index contributed by atoms with van der Waals surface area (Å²) in [6, 6.07) is 0. The minimum atomic E-state index is -1.26. The molecule has 0 aliphatic rings. The summed E-state index contributed by atoms with van der Waals surface area (Å²) in [5.41, 5.74) is 0.0293. The fourth-order valence-corrected chi connectivity index (χ4v) is 1.49. The van der Waals surface area contributed by atoms with Crippen molar-refractivity contribution in [3.63, 3.8) is 0 Å². The third-order valence-corrected chi connectivity index (χ3v) is 2.59. The van der Waals surface area contributed by atoms with Gasteiger partial charge >= 0.3 is 5.97 Å². The fourth-order valence-electron chi connectivity index (χ4n) is 1.09. The van der Waals surface area contributed by atoms with E-state index < -0.39 is 15.0 Å². The summed E-state index contributed by atoms with van der Waals surface area (Å²) in [6.07, 6.45) is 1.50. The van der Waals surface area contributed by atoms with E-state index in [0.29, 0.717) is 5.57 Å². The Hall–Kier alpha value is -1.30. The number of carbonyl (C=O) groups is 1. The van der Waals surface area contributed by atoms with Gasteiger partial charge in [-0.3, -0.25) is 0 Å². The average molecular weight is 259 g/mol. The van der Waals surface area contributed by atoms with Crippen molar-refractivity contribution >= 4 is 20.7 Å². The van der Waals surface area contributed by atoms with Crippen LogP contribution >= 0.6 is 0 Å². The summed E-state index contributed by atoms with van der Waals surface area (Å²) in [5, 5.41) is 12.7. The Balaban J connectivity index is 5.38. The largest absolute Gasteiger partial charge is 0.552 e. The summed E-state index contributed by atoms with van der Waals surface area (Å²) in [6.45, 7) is 9.71. The minimum Gasteiger partial charge on any atom is -0.552 e. The first-order valence-electron chi connectivity index (χ1n) is 5.41. The molecule has 0 rings (SSSR count). The van der Waals surface area contributed by atoms with E-state index in [1.807, 2.05) is 33.9 Å². The van der Waals surface area contributed by atoms with Crippen LogP contribution in [0.15, 0.2) is 17.0 Å². The molecule has 0 bridgehead atoms. The molecule has 98 valence electrons. The molecule has 0 spiro atoms. The molecule has 0 amide bonds. The van der Waals surface area contributed by atoms with Crippen LogP contribution in [-0.2, 0) is 14.1 Å². The van der Waals surface area contributed by atoms with E-state index in [0.717, 1.165) is 0 Å². The number of carboxylic acid groups (broad SMARTS) is 1. The van der Waals surface area contributed by atoms with Crippen molar-refractivity contribution in [2.75, 3.05) is 7.11 Å². The number of nitrogens with zero attached hydrogens (tertiary/aromatic N) is 1. The van der Waals surface area contributed by atoms with Gasteiger partial charge in [0.2, 0.25) is 9.04 Å². The van der Waals surface area contributed by atoms with Crippen molar-refractivity contribution in [2.45, 2.75) is 33.9 Å². The Kier molecular flexibility index (Phi) is 5.94. The predicted molar refractivity (Wildman–Crippen MR) is 69.6 cm³/mol. The molecule has 0 saturated carbocycles. The maximum absolute atomic E-state index is 11.1. The molecule has 0 heterocycles. The van der Waals surface area contributed by atoms with Gasteiger partial charge < -0.3 is 14.4 Å². The lowest BCUT2D eigenvalue weighted by Crippen LogP contribution is -2.26. The molecule has 0 aromatic heterocycles. The second-order valence-electron chi connectivity index (χ2n) is 4.89. The van der Waals surface area contributed by atoms with Gasteiger partial charge in [-0.2, -0.15) is 0 Å². The van der Waals surface area contributed by atoms with Gasteiger partial charge in [0.1, 0.15) is 7.11 Å². The third kappa shape index (κ3) is 5.53. The average Bonchev–Trinajstić information content (AvgIpc) is 2.13. The van der Waals surface area contributed by atoms with Gasteiger partial charge in [0.05, 0.1) is 6.26 Å². The molecule has 0 radical (unpaired) electrons. The maximum Gasteiger partial charge on any atom is 0.358 e. The summed E-state index contributed by atoms with van der Waals surface area (Å²) in [7, 11) is 0.0645. The van der Waals surface area contributed by atoms with Crippen LogP contribution < -0.4 is 0 Å². The van der Waals surface area contributed by atoms with E-state index >= 15 is 0 Å². The maximum atomic E-state index is 11.1. The van der Waals surface area contributed by atoms with Crippen LogP contribution in [0.25, 0.3) is 0 Å². The van der Waals surface area contributed by atoms with Crippen molar-refractivity contribution in [3.05, 3.63) is 11.8 Å². The van der Waals surface area contributed by atoms with E-state index in [1.54, 1.807) is 0 Å². The summed E-state index contributed by atoms with van der Waals surface area (Å²) >= 11 is 0. The number of hydrogen-bond donors (Lipinski definition) is 1. The molecular formula is C11H21NO4Si. The first kappa shape index (κ1) is 15.7. The highest BCUT2D eigenvalue weighted by Crippen LogP contribution is 2.27. The van der Waals surface area contributed by atoms with Crippen LogP contribution in [-0.4, -0.2) is 32.9 Å². The normalized spacial score (nSPS) is 13.8. The molecule has 0 aromatic carbocycles. The molecular weight excluding hydrogens is 238 g/mol. The Morgan fingerprint density at radius 2 is 1.88 bits per heavy atom. The van der Waals surface area contributed by atoms with Crippen molar-refractivity contribution in [3.8, 4) is 0 Å². The molecule has 1 N–H and O–H groups in total. The Morgan fingerprint density at radius 1 is 1.35 bits per heavy atom. The Bertz CT molecular complexity index is 329. The standard InChI is InChI=1S/C11H21NO4Si/c1-11(2,3)8(7-16-17(5)6)9(10(13)14)12-15-4/h7,17H,1-6H3,(H,13,14). The van der Waals surface area contributed by atoms with Crippen molar-refractivity contribution in [1.82, 2.24) is 0 Å². The van der Waals surface area contributed by atoms with Gasteiger partial charge in [-0.15, -0.1) is 0 Å². The fraction of sp³-hybridized carbons (Fsp3) is 0.636. The molecule has 0 fully saturated rings.